The third kappa shape index (κ3) is 4.10. The largest absolute Gasteiger partial charge is 0.466 e. The lowest BCUT2D eigenvalue weighted by molar-refractivity contribution is -0.142. The second-order valence-corrected chi connectivity index (χ2v) is 3.66. The first-order valence-corrected chi connectivity index (χ1v) is 5.40. The summed E-state index contributed by atoms with van der Waals surface area (Å²) in [5, 5.41) is -0.101. The van der Waals surface area contributed by atoms with Gasteiger partial charge in [-0.3, -0.25) is 4.79 Å². The van der Waals surface area contributed by atoms with Crippen molar-refractivity contribution in [3.8, 4) is 5.75 Å². The summed E-state index contributed by atoms with van der Waals surface area (Å²) in [6, 6.07) is 1.93. The van der Waals surface area contributed by atoms with E-state index in [1.807, 2.05) is 0 Å². The van der Waals surface area contributed by atoms with Crippen molar-refractivity contribution in [3.05, 3.63) is 28.5 Å². The van der Waals surface area contributed by atoms with Gasteiger partial charge in [0.05, 0.1) is 13.0 Å². The Labute approximate surface area is 106 Å². The van der Waals surface area contributed by atoms with Crippen LogP contribution in [-0.4, -0.2) is 19.2 Å². The van der Waals surface area contributed by atoms with E-state index in [0.29, 0.717) is 0 Å². The SMILES string of the molecule is CCOC(=O)Cc1c(F)cc(Cl)cc1OC(F)F. The van der Waals surface area contributed by atoms with Crippen LogP contribution in [0.1, 0.15) is 12.5 Å². The zero-order chi connectivity index (χ0) is 13.7. The highest BCUT2D eigenvalue weighted by atomic mass is 35.5. The van der Waals surface area contributed by atoms with Gasteiger partial charge in [0.1, 0.15) is 11.6 Å². The van der Waals surface area contributed by atoms with Crippen molar-refractivity contribution >= 4 is 17.6 Å². The van der Waals surface area contributed by atoms with Crippen molar-refractivity contribution in [2.24, 2.45) is 0 Å². The van der Waals surface area contributed by atoms with Crippen LogP contribution in [0.25, 0.3) is 0 Å². The zero-order valence-electron chi connectivity index (χ0n) is 9.38. The second kappa shape index (κ2) is 6.49. The number of ether oxygens (including phenoxy) is 2. The molecule has 0 fully saturated rings. The van der Waals surface area contributed by atoms with Crippen LogP contribution in [0.2, 0.25) is 5.02 Å². The Morgan fingerprint density at radius 2 is 2.11 bits per heavy atom. The lowest BCUT2D eigenvalue weighted by Crippen LogP contribution is -2.12. The fraction of sp³-hybridized carbons (Fsp3) is 0.364. The van der Waals surface area contributed by atoms with Gasteiger partial charge in [-0.25, -0.2) is 4.39 Å². The quantitative estimate of drug-likeness (QED) is 0.778. The third-order valence-electron chi connectivity index (χ3n) is 1.96. The Kier molecular flexibility index (Phi) is 5.27. The van der Waals surface area contributed by atoms with Crippen LogP contribution < -0.4 is 4.74 Å². The first kappa shape index (κ1) is 14.6. The molecule has 0 aliphatic rings. The standard InChI is InChI=1S/C11H10ClF3O3/c1-2-17-10(16)5-7-8(13)3-6(12)4-9(7)18-11(14)15/h3-4,11H,2,5H2,1H3. The average Bonchev–Trinajstić information content (AvgIpc) is 2.22. The first-order valence-electron chi connectivity index (χ1n) is 5.02. The van der Waals surface area contributed by atoms with Gasteiger partial charge in [-0.2, -0.15) is 8.78 Å². The van der Waals surface area contributed by atoms with E-state index in [1.54, 1.807) is 6.92 Å². The van der Waals surface area contributed by atoms with E-state index in [9.17, 15) is 18.0 Å². The number of hydrogen-bond acceptors (Lipinski definition) is 3. The number of carbonyl (C=O) groups is 1. The van der Waals surface area contributed by atoms with Crippen LogP contribution in [0.3, 0.4) is 0 Å². The van der Waals surface area contributed by atoms with E-state index in [0.717, 1.165) is 12.1 Å². The molecule has 0 aliphatic heterocycles. The van der Waals surface area contributed by atoms with Gasteiger partial charge in [0, 0.05) is 10.6 Å². The Hall–Kier alpha value is -1.43. The van der Waals surface area contributed by atoms with E-state index < -0.39 is 30.6 Å². The highest BCUT2D eigenvalue weighted by molar-refractivity contribution is 6.30. The summed E-state index contributed by atoms with van der Waals surface area (Å²) in [6.07, 6.45) is -0.501. The molecule has 0 heterocycles. The van der Waals surface area contributed by atoms with Gasteiger partial charge in [-0.1, -0.05) is 11.6 Å². The van der Waals surface area contributed by atoms with Gasteiger partial charge in [-0.15, -0.1) is 0 Å². The van der Waals surface area contributed by atoms with Crippen molar-refractivity contribution < 1.29 is 27.4 Å². The number of hydrogen-bond donors (Lipinski definition) is 0. The highest BCUT2D eigenvalue weighted by Crippen LogP contribution is 2.28. The maximum Gasteiger partial charge on any atom is 0.387 e. The van der Waals surface area contributed by atoms with Gasteiger partial charge >= 0.3 is 12.6 Å². The molecule has 0 amide bonds. The van der Waals surface area contributed by atoms with Gasteiger partial charge in [0.15, 0.2) is 0 Å². The molecule has 18 heavy (non-hydrogen) atoms. The molecular formula is C11H10ClF3O3. The lowest BCUT2D eigenvalue weighted by Gasteiger charge is -2.11. The Balaban J connectivity index is 3.03. The summed E-state index contributed by atoms with van der Waals surface area (Å²) in [5.41, 5.74) is -0.307. The van der Waals surface area contributed by atoms with Crippen LogP contribution in [0.4, 0.5) is 13.2 Å². The molecule has 0 spiro atoms. The van der Waals surface area contributed by atoms with Crippen molar-refractivity contribution in [2.45, 2.75) is 20.0 Å². The first-order chi connectivity index (χ1) is 8.43. The normalized spacial score (nSPS) is 10.6. The molecule has 0 radical (unpaired) electrons. The van der Waals surface area contributed by atoms with Gasteiger partial charge < -0.3 is 9.47 Å². The predicted molar refractivity (Wildman–Crippen MR) is 58.4 cm³/mol. The van der Waals surface area contributed by atoms with Crippen LogP contribution in [0.5, 0.6) is 5.75 Å². The number of carbonyl (C=O) groups excluding carboxylic acids is 1. The maximum atomic E-state index is 13.5. The van der Waals surface area contributed by atoms with Crippen molar-refractivity contribution in [3.63, 3.8) is 0 Å². The molecule has 0 aromatic heterocycles. The summed E-state index contributed by atoms with van der Waals surface area (Å²) in [5.74, 6) is -2.10. The molecular weight excluding hydrogens is 273 g/mol. The minimum absolute atomic E-state index is 0.101. The molecule has 0 bridgehead atoms. The molecule has 100 valence electrons. The summed E-state index contributed by atoms with van der Waals surface area (Å²) in [6.45, 7) is -1.45. The van der Waals surface area contributed by atoms with Crippen LogP contribution in [-0.2, 0) is 16.0 Å². The summed E-state index contributed by atoms with van der Waals surface area (Å²) < 4.78 is 46.6. The molecule has 0 unspecified atom stereocenters. The van der Waals surface area contributed by atoms with Crippen molar-refractivity contribution in [1.29, 1.82) is 0 Å². The third-order valence-corrected chi connectivity index (χ3v) is 2.18. The molecule has 0 aliphatic carbocycles. The zero-order valence-corrected chi connectivity index (χ0v) is 10.1. The number of alkyl halides is 2. The van der Waals surface area contributed by atoms with E-state index in [-0.39, 0.29) is 17.2 Å². The molecule has 0 N–H and O–H groups in total. The molecule has 1 aromatic rings. The Morgan fingerprint density at radius 3 is 2.67 bits per heavy atom. The molecule has 7 heteroatoms. The number of halogens is 4. The van der Waals surface area contributed by atoms with Gasteiger partial charge in [-0.05, 0) is 19.1 Å². The summed E-state index contributed by atoms with van der Waals surface area (Å²) in [7, 11) is 0. The highest BCUT2D eigenvalue weighted by Gasteiger charge is 2.18. The fourth-order valence-corrected chi connectivity index (χ4v) is 1.50. The topological polar surface area (TPSA) is 35.5 Å². The lowest BCUT2D eigenvalue weighted by atomic mass is 10.1. The van der Waals surface area contributed by atoms with Crippen LogP contribution in [0.15, 0.2) is 12.1 Å². The monoisotopic (exact) mass is 282 g/mol. The smallest absolute Gasteiger partial charge is 0.387 e. The van der Waals surface area contributed by atoms with Gasteiger partial charge in [0.25, 0.3) is 0 Å². The molecule has 0 saturated carbocycles. The van der Waals surface area contributed by atoms with Crippen LogP contribution >= 0.6 is 11.6 Å². The number of benzene rings is 1. The maximum absolute atomic E-state index is 13.5. The Morgan fingerprint density at radius 1 is 1.44 bits per heavy atom. The predicted octanol–water partition coefficient (Wildman–Crippen LogP) is 3.19. The molecule has 3 nitrogen and oxygen atoms in total. The van der Waals surface area contributed by atoms with E-state index in [2.05, 4.69) is 9.47 Å². The number of esters is 1. The van der Waals surface area contributed by atoms with Gasteiger partial charge in [0.2, 0.25) is 0 Å². The fourth-order valence-electron chi connectivity index (χ4n) is 1.31. The van der Waals surface area contributed by atoms with Crippen molar-refractivity contribution in [2.75, 3.05) is 6.61 Å². The molecule has 0 saturated heterocycles. The molecule has 1 rings (SSSR count). The second-order valence-electron chi connectivity index (χ2n) is 3.22. The number of rotatable bonds is 5. The average molecular weight is 283 g/mol. The summed E-state index contributed by atoms with van der Waals surface area (Å²) in [4.78, 5) is 11.2. The van der Waals surface area contributed by atoms with E-state index >= 15 is 0 Å². The Bertz CT molecular complexity index is 438. The minimum atomic E-state index is -3.14. The summed E-state index contributed by atoms with van der Waals surface area (Å²) >= 11 is 5.52. The van der Waals surface area contributed by atoms with E-state index in [4.69, 9.17) is 11.6 Å². The molecule has 0 atom stereocenters. The van der Waals surface area contributed by atoms with Crippen LogP contribution in [0, 0.1) is 5.82 Å². The van der Waals surface area contributed by atoms with Crippen molar-refractivity contribution in [1.82, 2.24) is 0 Å². The van der Waals surface area contributed by atoms with E-state index in [1.165, 1.54) is 0 Å². The minimum Gasteiger partial charge on any atom is -0.466 e. The molecule has 1 aromatic carbocycles.